The average Bonchev–Trinajstić information content (AvgIpc) is 3.73. The van der Waals surface area contributed by atoms with Gasteiger partial charge in [0.05, 0.1) is 14.2 Å². The fourth-order valence-corrected chi connectivity index (χ4v) is 4.89. The number of esters is 1. The van der Waals surface area contributed by atoms with E-state index in [2.05, 4.69) is 22.8 Å². The molecule has 0 aliphatic heterocycles. The highest BCUT2D eigenvalue weighted by atomic mass is 16.6. The molecule has 3 aromatic carbocycles. The zero-order chi connectivity index (χ0) is 28.8. The van der Waals surface area contributed by atoms with E-state index in [0.29, 0.717) is 29.9 Å². The summed E-state index contributed by atoms with van der Waals surface area (Å²) in [7, 11) is 3.08. The zero-order valence-electron chi connectivity index (χ0n) is 22.9. The predicted octanol–water partition coefficient (Wildman–Crippen LogP) is 3.91. The molecule has 2 aliphatic rings. The van der Waals surface area contributed by atoms with Crippen LogP contribution in [0.3, 0.4) is 0 Å². The second-order valence-corrected chi connectivity index (χ2v) is 9.82. The third-order valence-electron chi connectivity index (χ3n) is 7.28. The number of benzene rings is 3. The van der Waals surface area contributed by atoms with Crippen molar-refractivity contribution in [3.63, 3.8) is 0 Å². The summed E-state index contributed by atoms with van der Waals surface area (Å²) in [4.78, 5) is 37.2. The molecule has 2 N–H and O–H groups in total. The van der Waals surface area contributed by atoms with Crippen LogP contribution in [0.2, 0.25) is 0 Å². The van der Waals surface area contributed by atoms with Gasteiger partial charge in [-0.3, -0.25) is 4.79 Å². The molecule has 0 saturated heterocycles. The van der Waals surface area contributed by atoms with Gasteiger partial charge < -0.3 is 34.3 Å². The van der Waals surface area contributed by atoms with Crippen molar-refractivity contribution in [1.82, 2.24) is 10.6 Å². The van der Waals surface area contributed by atoms with E-state index < -0.39 is 23.6 Å². The molecule has 1 fully saturated rings. The molecular formula is C31H32N2O8. The fraction of sp³-hybridized carbons (Fsp3) is 0.323. The summed E-state index contributed by atoms with van der Waals surface area (Å²) in [6.07, 6.45) is 0.276. The zero-order valence-corrected chi connectivity index (χ0v) is 22.9. The summed E-state index contributed by atoms with van der Waals surface area (Å²) in [5.41, 5.74) is 4.07. The maximum atomic E-state index is 12.6. The van der Waals surface area contributed by atoms with E-state index >= 15 is 0 Å². The molecule has 0 atom stereocenters. The van der Waals surface area contributed by atoms with Crippen molar-refractivity contribution in [2.75, 3.05) is 34.1 Å². The third kappa shape index (κ3) is 6.28. The number of methoxy groups -OCH3 is 2. The van der Waals surface area contributed by atoms with Gasteiger partial charge >= 0.3 is 12.1 Å². The molecule has 41 heavy (non-hydrogen) atoms. The fourth-order valence-electron chi connectivity index (χ4n) is 4.89. The van der Waals surface area contributed by atoms with Crippen LogP contribution in [-0.2, 0) is 30.4 Å². The van der Waals surface area contributed by atoms with Crippen LogP contribution in [0.25, 0.3) is 11.1 Å². The van der Waals surface area contributed by atoms with E-state index in [0.717, 1.165) is 22.3 Å². The minimum atomic E-state index is -1.09. The van der Waals surface area contributed by atoms with Gasteiger partial charge in [-0.1, -0.05) is 48.5 Å². The molecule has 0 unspecified atom stereocenters. The minimum absolute atomic E-state index is 0.00747. The Morgan fingerprint density at radius 3 is 2.17 bits per heavy atom. The Kier molecular flexibility index (Phi) is 8.39. The van der Waals surface area contributed by atoms with Crippen LogP contribution < -0.4 is 20.1 Å². The van der Waals surface area contributed by atoms with E-state index in [4.69, 9.17) is 23.7 Å². The molecule has 214 valence electrons. The average molecular weight is 561 g/mol. The van der Waals surface area contributed by atoms with Crippen molar-refractivity contribution >= 4 is 18.0 Å². The first kappa shape index (κ1) is 28.0. The van der Waals surface area contributed by atoms with E-state index in [-0.39, 0.29) is 32.4 Å². The van der Waals surface area contributed by atoms with E-state index in [9.17, 15) is 14.4 Å². The first-order valence-electron chi connectivity index (χ1n) is 13.3. The Morgan fingerprint density at radius 2 is 1.54 bits per heavy atom. The number of fused-ring (bicyclic) bond motifs is 3. The summed E-state index contributed by atoms with van der Waals surface area (Å²) in [5, 5.41) is 5.00. The number of hydrogen-bond donors (Lipinski definition) is 2. The number of hydrogen-bond acceptors (Lipinski definition) is 8. The molecule has 0 spiro atoms. The molecule has 5 rings (SSSR count). The lowest BCUT2D eigenvalue weighted by Gasteiger charge is -2.17. The van der Waals surface area contributed by atoms with E-state index in [1.807, 2.05) is 36.4 Å². The van der Waals surface area contributed by atoms with Crippen LogP contribution in [0.5, 0.6) is 11.5 Å². The number of nitrogens with one attached hydrogen (secondary N) is 2. The number of carbonyl (C=O) groups excluding carboxylic acids is 3. The molecule has 0 radical (unpaired) electrons. The number of rotatable bonds is 12. The van der Waals surface area contributed by atoms with Gasteiger partial charge in [-0.25, -0.2) is 9.59 Å². The second-order valence-electron chi connectivity index (χ2n) is 9.82. The van der Waals surface area contributed by atoms with Crippen LogP contribution in [0.1, 0.15) is 35.4 Å². The normalized spacial score (nSPS) is 14.3. The quantitative estimate of drug-likeness (QED) is 0.253. The smallest absolute Gasteiger partial charge is 0.407 e. The molecule has 0 aromatic heterocycles. The molecule has 3 aromatic rings. The van der Waals surface area contributed by atoms with Gasteiger partial charge in [0.1, 0.15) is 38.0 Å². The van der Waals surface area contributed by atoms with Crippen molar-refractivity contribution < 1.29 is 38.1 Å². The molecule has 0 heterocycles. The van der Waals surface area contributed by atoms with Crippen LogP contribution in [0.15, 0.2) is 66.7 Å². The van der Waals surface area contributed by atoms with Gasteiger partial charge in [-0.15, -0.1) is 0 Å². The highest BCUT2D eigenvalue weighted by Gasteiger charge is 2.53. The summed E-state index contributed by atoms with van der Waals surface area (Å²) < 4.78 is 27.0. The summed E-state index contributed by atoms with van der Waals surface area (Å²) in [6, 6.07) is 21.3. The Balaban J connectivity index is 1.02. The topological polar surface area (TPSA) is 121 Å². The number of alkyl carbamates (subject to hydrolysis) is 1. The second kappa shape index (κ2) is 12.3. The van der Waals surface area contributed by atoms with Crippen LogP contribution >= 0.6 is 0 Å². The van der Waals surface area contributed by atoms with Crippen molar-refractivity contribution in [2.24, 2.45) is 0 Å². The molecular weight excluding hydrogens is 528 g/mol. The molecule has 10 nitrogen and oxygen atoms in total. The highest BCUT2D eigenvalue weighted by molar-refractivity contribution is 5.84. The summed E-state index contributed by atoms with van der Waals surface area (Å²) in [6.45, 7) is -0.341. The van der Waals surface area contributed by atoms with Gasteiger partial charge in [0.25, 0.3) is 0 Å². The lowest BCUT2D eigenvalue weighted by molar-refractivity contribution is -0.163. The Morgan fingerprint density at radius 1 is 0.854 bits per heavy atom. The molecule has 2 amide bonds. The largest absolute Gasteiger partial charge is 0.497 e. The standard InChI is InChI=1S/C31H32N2O8/c1-37-21-12-11-20(27(15-21)38-2)17-39-29(35)31(13-14-31)41-19-33-28(34)16-32-30(36)40-18-26-24-9-5-3-7-22(24)23-8-4-6-10-25(23)26/h3-12,15,26H,13-14,16-19H2,1-2H3,(H,32,36)(H,33,34). The lowest BCUT2D eigenvalue weighted by atomic mass is 9.98. The van der Waals surface area contributed by atoms with Crippen molar-refractivity contribution in [3.8, 4) is 22.6 Å². The van der Waals surface area contributed by atoms with E-state index in [1.165, 1.54) is 7.11 Å². The molecule has 2 aliphatic carbocycles. The Hall–Kier alpha value is -4.57. The van der Waals surface area contributed by atoms with Crippen molar-refractivity contribution in [3.05, 3.63) is 83.4 Å². The van der Waals surface area contributed by atoms with Gasteiger partial charge in [0.15, 0.2) is 5.60 Å². The van der Waals surface area contributed by atoms with Crippen LogP contribution in [-0.4, -0.2) is 57.7 Å². The Labute approximate surface area is 237 Å². The Bertz CT molecular complexity index is 1390. The maximum Gasteiger partial charge on any atom is 0.407 e. The van der Waals surface area contributed by atoms with Crippen molar-refractivity contribution in [1.29, 1.82) is 0 Å². The molecule has 1 saturated carbocycles. The molecule has 0 bridgehead atoms. The number of amides is 2. The number of carbonyl (C=O) groups is 3. The van der Waals surface area contributed by atoms with E-state index in [1.54, 1.807) is 25.3 Å². The number of ether oxygens (including phenoxy) is 5. The third-order valence-corrected chi connectivity index (χ3v) is 7.28. The van der Waals surface area contributed by atoms with Gasteiger partial charge in [-0.05, 0) is 47.2 Å². The van der Waals surface area contributed by atoms with Crippen LogP contribution in [0, 0.1) is 0 Å². The lowest BCUT2D eigenvalue weighted by Crippen LogP contribution is -2.40. The van der Waals surface area contributed by atoms with Crippen molar-refractivity contribution in [2.45, 2.75) is 31.0 Å². The SMILES string of the molecule is COc1ccc(COC(=O)C2(OCNC(=O)CNC(=O)OCC3c4ccccc4-c4ccccc43)CC2)c(OC)c1. The highest BCUT2D eigenvalue weighted by Crippen LogP contribution is 2.44. The maximum absolute atomic E-state index is 12.6. The predicted molar refractivity (Wildman–Crippen MR) is 148 cm³/mol. The minimum Gasteiger partial charge on any atom is -0.497 e. The van der Waals surface area contributed by atoms with Gasteiger partial charge in [0.2, 0.25) is 5.91 Å². The summed E-state index contributed by atoms with van der Waals surface area (Å²) >= 11 is 0. The monoisotopic (exact) mass is 560 g/mol. The van der Waals surface area contributed by atoms with Crippen LogP contribution in [0.4, 0.5) is 4.79 Å². The molecule has 10 heteroatoms. The summed E-state index contributed by atoms with van der Waals surface area (Å²) in [5.74, 6) is 0.101. The first-order valence-corrected chi connectivity index (χ1v) is 13.3. The van der Waals surface area contributed by atoms with Gasteiger partial charge in [-0.2, -0.15) is 0 Å². The first-order chi connectivity index (χ1) is 19.9. The van der Waals surface area contributed by atoms with Gasteiger partial charge in [0, 0.05) is 17.5 Å².